The second-order valence-corrected chi connectivity index (χ2v) is 5.36. The first kappa shape index (κ1) is 13.3. The van der Waals surface area contributed by atoms with E-state index in [2.05, 4.69) is 41.4 Å². The van der Waals surface area contributed by atoms with Gasteiger partial charge >= 0.3 is 0 Å². The molecule has 0 aliphatic rings. The summed E-state index contributed by atoms with van der Waals surface area (Å²) in [7, 11) is 1.88. The van der Waals surface area contributed by atoms with E-state index in [9.17, 15) is 0 Å². The molecule has 0 saturated heterocycles. The Morgan fingerprint density at radius 1 is 1.38 bits per heavy atom. The minimum atomic E-state index is 0.100. The number of aromatic nitrogens is 2. The van der Waals surface area contributed by atoms with Crippen LogP contribution in [0, 0.1) is 0 Å². The Morgan fingerprint density at radius 2 is 2.06 bits per heavy atom. The third-order valence-corrected chi connectivity index (χ3v) is 2.63. The van der Waals surface area contributed by atoms with Gasteiger partial charge in [-0.25, -0.2) is 9.97 Å². The Bertz CT molecular complexity index is 346. The van der Waals surface area contributed by atoms with Gasteiger partial charge in [-0.15, -0.1) is 0 Å². The Morgan fingerprint density at radius 3 is 2.56 bits per heavy atom. The molecule has 1 aromatic rings. The van der Waals surface area contributed by atoms with Crippen molar-refractivity contribution < 1.29 is 0 Å². The summed E-state index contributed by atoms with van der Waals surface area (Å²) in [5.41, 5.74) is 1.19. The standard InChI is InChI=1S/C11H20N4S/c1-11(2,3)14-7-8-6-13-10(16-5)15-9(8)12-4/h6,14H,7H2,1-5H3,(H,12,13,15). The first-order valence-electron chi connectivity index (χ1n) is 5.29. The molecule has 16 heavy (non-hydrogen) atoms. The van der Waals surface area contributed by atoms with Gasteiger partial charge in [0.05, 0.1) is 0 Å². The van der Waals surface area contributed by atoms with Gasteiger partial charge < -0.3 is 10.6 Å². The highest BCUT2D eigenvalue weighted by molar-refractivity contribution is 7.98. The van der Waals surface area contributed by atoms with Crippen LogP contribution in [0.1, 0.15) is 26.3 Å². The highest BCUT2D eigenvalue weighted by Gasteiger charge is 2.11. The van der Waals surface area contributed by atoms with Gasteiger partial charge in [-0.2, -0.15) is 0 Å². The Balaban J connectivity index is 2.79. The molecule has 0 atom stereocenters. The van der Waals surface area contributed by atoms with E-state index in [4.69, 9.17) is 0 Å². The smallest absolute Gasteiger partial charge is 0.189 e. The fourth-order valence-electron chi connectivity index (χ4n) is 1.20. The molecule has 5 heteroatoms. The minimum Gasteiger partial charge on any atom is -0.373 e. The SMILES string of the molecule is CNc1nc(SC)ncc1CNC(C)(C)C. The fourth-order valence-corrected chi connectivity index (χ4v) is 1.54. The number of anilines is 1. The molecule has 4 nitrogen and oxygen atoms in total. The Labute approximate surface area is 102 Å². The van der Waals surface area contributed by atoms with Gasteiger partial charge in [0.2, 0.25) is 0 Å². The van der Waals surface area contributed by atoms with Crippen molar-refractivity contribution in [3.05, 3.63) is 11.8 Å². The molecule has 2 N–H and O–H groups in total. The lowest BCUT2D eigenvalue weighted by Gasteiger charge is -2.21. The van der Waals surface area contributed by atoms with E-state index in [1.54, 1.807) is 11.8 Å². The number of nitrogens with one attached hydrogen (secondary N) is 2. The predicted octanol–water partition coefficient (Wildman–Crippen LogP) is 2.13. The highest BCUT2D eigenvalue weighted by Crippen LogP contribution is 2.16. The zero-order valence-electron chi connectivity index (χ0n) is 10.6. The second-order valence-electron chi connectivity index (χ2n) is 4.58. The fraction of sp³-hybridized carbons (Fsp3) is 0.636. The van der Waals surface area contributed by atoms with E-state index in [1.165, 1.54) is 0 Å². The van der Waals surface area contributed by atoms with Crippen LogP contribution in [-0.2, 0) is 6.54 Å². The molecular weight excluding hydrogens is 220 g/mol. The average Bonchev–Trinajstić information content (AvgIpc) is 2.25. The van der Waals surface area contributed by atoms with Crippen LogP contribution in [0.2, 0.25) is 0 Å². The van der Waals surface area contributed by atoms with Crippen LogP contribution < -0.4 is 10.6 Å². The van der Waals surface area contributed by atoms with Crippen molar-refractivity contribution in [3.63, 3.8) is 0 Å². The molecule has 0 radical (unpaired) electrons. The topological polar surface area (TPSA) is 49.8 Å². The molecule has 1 aromatic heterocycles. The van der Waals surface area contributed by atoms with Crippen molar-refractivity contribution in [3.8, 4) is 0 Å². The largest absolute Gasteiger partial charge is 0.373 e. The van der Waals surface area contributed by atoms with E-state index < -0.39 is 0 Å². The maximum atomic E-state index is 4.41. The number of hydrogen-bond acceptors (Lipinski definition) is 5. The molecule has 0 fully saturated rings. The third-order valence-electron chi connectivity index (χ3n) is 2.07. The number of thioether (sulfide) groups is 1. The highest BCUT2D eigenvalue weighted by atomic mass is 32.2. The van der Waals surface area contributed by atoms with Crippen LogP contribution in [0.3, 0.4) is 0 Å². The Kier molecular flexibility index (Phi) is 4.56. The van der Waals surface area contributed by atoms with E-state index in [0.29, 0.717) is 0 Å². The van der Waals surface area contributed by atoms with Gasteiger partial charge in [-0.1, -0.05) is 11.8 Å². The van der Waals surface area contributed by atoms with Crippen molar-refractivity contribution in [2.45, 2.75) is 38.0 Å². The zero-order chi connectivity index (χ0) is 12.2. The summed E-state index contributed by atoms with van der Waals surface area (Å²) in [5, 5.41) is 7.32. The van der Waals surface area contributed by atoms with Gasteiger partial charge in [-0.3, -0.25) is 0 Å². The first-order valence-corrected chi connectivity index (χ1v) is 6.51. The molecular formula is C11H20N4S. The summed E-state index contributed by atoms with van der Waals surface area (Å²) >= 11 is 1.55. The quantitative estimate of drug-likeness (QED) is 0.624. The maximum Gasteiger partial charge on any atom is 0.189 e. The molecule has 0 spiro atoms. The summed E-state index contributed by atoms with van der Waals surface area (Å²) in [4.78, 5) is 8.69. The molecule has 90 valence electrons. The number of hydrogen-bond donors (Lipinski definition) is 2. The molecule has 0 aromatic carbocycles. The molecule has 0 amide bonds. The monoisotopic (exact) mass is 240 g/mol. The lowest BCUT2D eigenvalue weighted by molar-refractivity contribution is 0.424. The molecule has 0 aliphatic carbocycles. The lowest BCUT2D eigenvalue weighted by Crippen LogP contribution is -2.35. The molecule has 0 aliphatic heterocycles. The van der Waals surface area contributed by atoms with Gasteiger partial charge in [-0.05, 0) is 27.0 Å². The lowest BCUT2D eigenvalue weighted by atomic mass is 10.1. The summed E-state index contributed by atoms with van der Waals surface area (Å²) < 4.78 is 0. The van der Waals surface area contributed by atoms with Gasteiger partial charge in [0, 0.05) is 30.9 Å². The van der Waals surface area contributed by atoms with Gasteiger partial charge in [0.1, 0.15) is 5.82 Å². The van der Waals surface area contributed by atoms with Crippen molar-refractivity contribution in [2.75, 3.05) is 18.6 Å². The van der Waals surface area contributed by atoms with Gasteiger partial charge in [0.25, 0.3) is 0 Å². The average molecular weight is 240 g/mol. The number of rotatable bonds is 4. The maximum absolute atomic E-state index is 4.41. The van der Waals surface area contributed by atoms with E-state index in [1.807, 2.05) is 19.5 Å². The molecule has 1 rings (SSSR count). The predicted molar refractivity (Wildman–Crippen MR) is 70.0 cm³/mol. The zero-order valence-corrected chi connectivity index (χ0v) is 11.4. The van der Waals surface area contributed by atoms with Crippen molar-refractivity contribution >= 4 is 17.6 Å². The molecule has 0 saturated carbocycles. The van der Waals surface area contributed by atoms with Crippen LogP contribution in [0.4, 0.5) is 5.82 Å². The Hall–Kier alpha value is -0.810. The second kappa shape index (κ2) is 5.50. The van der Waals surface area contributed by atoms with E-state index in [0.717, 1.165) is 23.1 Å². The van der Waals surface area contributed by atoms with Crippen molar-refractivity contribution in [1.29, 1.82) is 0 Å². The molecule has 0 bridgehead atoms. The van der Waals surface area contributed by atoms with Crippen LogP contribution in [0.15, 0.2) is 11.4 Å². The van der Waals surface area contributed by atoms with Crippen LogP contribution in [0.5, 0.6) is 0 Å². The normalized spacial score (nSPS) is 11.6. The van der Waals surface area contributed by atoms with Crippen LogP contribution in [0.25, 0.3) is 0 Å². The van der Waals surface area contributed by atoms with Crippen molar-refractivity contribution in [1.82, 2.24) is 15.3 Å². The third kappa shape index (κ3) is 3.98. The summed E-state index contributed by atoms with van der Waals surface area (Å²) in [6, 6.07) is 0. The number of nitrogens with zero attached hydrogens (tertiary/aromatic N) is 2. The molecule has 1 heterocycles. The van der Waals surface area contributed by atoms with Crippen LogP contribution >= 0.6 is 11.8 Å². The summed E-state index contributed by atoms with van der Waals surface area (Å²) in [6.45, 7) is 7.20. The minimum absolute atomic E-state index is 0.100. The molecule has 0 unspecified atom stereocenters. The van der Waals surface area contributed by atoms with Crippen LogP contribution in [-0.4, -0.2) is 28.8 Å². The summed E-state index contributed by atoms with van der Waals surface area (Å²) in [6.07, 6.45) is 3.85. The van der Waals surface area contributed by atoms with E-state index in [-0.39, 0.29) is 5.54 Å². The van der Waals surface area contributed by atoms with E-state index >= 15 is 0 Å². The first-order chi connectivity index (χ1) is 7.46. The van der Waals surface area contributed by atoms with Crippen molar-refractivity contribution in [2.24, 2.45) is 0 Å². The summed E-state index contributed by atoms with van der Waals surface area (Å²) in [5.74, 6) is 0.899. The van der Waals surface area contributed by atoms with Gasteiger partial charge in [0.15, 0.2) is 5.16 Å².